The van der Waals surface area contributed by atoms with Crippen LogP contribution in [0.1, 0.15) is 6.92 Å². The summed E-state index contributed by atoms with van der Waals surface area (Å²) in [6.45, 7) is 12.3. The number of rotatable bonds is 4. The van der Waals surface area contributed by atoms with Crippen LogP contribution in [0.15, 0.2) is 24.1 Å². The lowest BCUT2D eigenvalue weighted by molar-refractivity contribution is 0.276. The Morgan fingerprint density at radius 1 is 1.31 bits per heavy atom. The highest BCUT2D eigenvalue weighted by atomic mass is 28.4. The molecule has 0 aromatic rings. The SMILES string of the molecule is C=C(C)/C=C(\O[Si](C)(C)C)N(C)C. The molecule has 0 saturated heterocycles. The van der Waals surface area contributed by atoms with Crippen molar-refractivity contribution >= 4 is 8.32 Å². The molecule has 0 saturated carbocycles. The van der Waals surface area contributed by atoms with Crippen LogP contribution in [0, 0.1) is 0 Å². The van der Waals surface area contributed by atoms with E-state index in [0.717, 1.165) is 11.5 Å². The van der Waals surface area contributed by atoms with Crippen LogP contribution in [0.3, 0.4) is 0 Å². The fourth-order valence-electron chi connectivity index (χ4n) is 0.774. The highest BCUT2D eigenvalue weighted by molar-refractivity contribution is 6.70. The normalized spacial score (nSPS) is 12.6. The molecule has 0 fully saturated rings. The maximum atomic E-state index is 5.88. The van der Waals surface area contributed by atoms with E-state index in [0.29, 0.717) is 0 Å². The molecule has 0 aliphatic rings. The Bertz CT molecular complexity index is 213. The number of nitrogens with zero attached hydrogens (tertiary/aromatic N) is 1. The summed E-state index contributed by atoms with van der Waals surface area (Å²) in [5.74, 6) is 0.909. The Hall–Kier alpha value is -0.703. The van der Waals surface area contributed by atoms with Crippen molar-refractivity contribution in [1.82, 2.24) is 4.90 Å². The van der Waals surface area contributed by atoms with Gasteiger partial charge in [-0.1, -0.05) is 12.2 Å². The molecule has 2 nitrogen and oxygen atoms in total. The number of hydrogen-bond donors (Lipinski definition) is 0. The minimum absolute atomic E-state index is 0.909. The third-order valence-corrected chi connectivity index (χ3v) is 2.04. The van der Waals surface area contributed by atoms with E-state index in [-0.39, 0.29) is 0 Å². The van der Waals surface area contributed by atoms with Gasteiger partial charge in [-0.25, -0.2) is 0 Å². The minimum Gasteiger partial charge on any atom is -0.533 e. The predicted octanol–water partition coefficient (Wildman–Crippen LogP) is 2.82. The first kappa shape index (κ1) is 12.3. The molecule has 0 radical (unpaired) electrons. The van der Waals surface area contributed by atoms with Crippen molar-refractivity contribution in [2.75, 3.05) is 14.1 Å². The summed E-state index contributed by atoms with van der Waals surface area (Å²) in [6.07, 6.45) is 1.97. The van der Waals surface area contributed by atoms with Crippen molar-refractivity contribution in [3.8, 4) is 0 Å². The Morgan fingerprint density at radius 3 is 2.00 bits per heavy atom. The molecule has 0 aromatic carbocycles. The second kappa shape index (κ2) is 4.51. The lowest BCUT2D eigenvalue weighted by Crippen LogP contribution is -2.29. The second-order valence-electron chi connectivity index (χ2n) is 4.44. The van der Waals surface area contributed by atoms with Gasteiger partial charge in [0, 0.05) is 14.1 Å². The largest absolute Gasteiger partial charge is 0.533 e. The molecule has 0 aliphatic carbocycles. The first-order chi connectivity index (χ1) is 5.72. The van der Waals surface area contributed by atoms with Crippen LogP contribution in [0.2, 0.25) is 19.6 Å². The highest BCUT2D eigenvalue weighted by Crippen LogP contribution is 2.13. The van der Waals surface area contributed by atoms with Crippen LogP contribution in [0.4, 0.5) is 0 Å². The van der Waals surface area contributed by atoms with Gasteiger partial charge >= 0.3 is 0 Å². The maximum absolute atomic E-state index is 5.88. The van der Waals surface area contributed by atoms with Gasteiger partial charge in [-0.15, -0.1) is 0 Å². The molecule has 76 valence electrons. The molecule has 13 heavy (non-hydrogen) atoms. The Balaban J connectivity index is 4.55. The first-order valence-corrected chi connectivity index (χ1v) is 7.87. The van der Waals surface area contributed by atoms with Gasteiger partial charge in [-0.2, -0.15) is 0 Å². The zero-order valence-electron chi connectivity index (χ0n) is 9.64. The molecule has 0 bridgehead atoms. The van der Waals surface area contributed by atoms with E-state index in [4.69, 9.17) is 4.43 Å². The van der Waals surface area contributed by atoms with Crippen molar-refractivity contribution in [3.05, 3.63) is 24.1 Å². The van der Waals surface area contributed by atoms with Crippen molar-refractivity contribution < 1.29 is 4.43 Å². The van der Waals surface area contributed by atoms with Crippen LogP contribution in [0.5, 0.6) is 0 Å². The third-order valence-electron chi connectivity index (χ3n) is 1.22. The van der Waals surface area contributed by atoms with E-state index >= 15 is 0 Å². The first-order valence-electron chi connectivity index (χ1n) is 4.46. The molecule has 0 unspecified atom stereocenters. The van der Waals surface area contributed by atoms with Gasteiger partial charge < -0.3 is 9.33 Å². The molecule has 0 spiro atoms. The minimum atomic E-state index is -1.50. The van der Waals surface area contributed by atoms with E-state index in [9.17, 15) is 0 Å². The molecular formula is C10H21NOSi. The van der Waals surface area contributed by atoms with E-state index in [1.165, 1.54) is 0 Å². The summed E-state index contributed by atoms with van der Waals surface area (Å²) in [7, 11) is 2.46. The highest BCUT2D eigenvalue weighted by Gasteiger charge is 2.18. The molecule has 0 aliphatic heterocycles. The summed E-state index contributed by atoms with van der Waals surface area (Å²) in [5, 5.41) is 0. The lowest BCUT2D eigenvalue weighted by atomic mass is 10.3. The zero-order chi connectivity index (χ0) is 10.6. The molecule has 0 N–H and O–H groups in total. The average molecular weight is 199 g/mol. The molecular weight excluding hydrogens is 178 g/mol. The maximum Gasteiger partial charge on any atom is 0.244 e. The number of hydrogen-bond acceptors (Lipinski definition) is 2. The average Bonchev–Trinajstić information content (AvgIpc) is 1.81. The van der Waals surface area contributed by atoms with Gasteiger partial charge in [0.2, 0.25) is 8.32 Å². The Kier molecular flexibility index (Phi) is 4.27. The van der Waals surface area contributed by atoms with Crippen LogP contribution >= 0.6 is 0 Å². The van der Waals surface area contributed by atoms with Gasteiger partial charge in [0.05, 0.1) is 0 Å². The summed E-state index contributed by atoms with van der Waals surface area (Å²) >= 11 is 0. The van der Waals surface area contributed by atoms with E-state index < -0.39 is 8.32 Å². The smallest absolute Gasteiger partial charge is 0.244 e. The van der Waals surface area contributed by atoms with Crippen molar-refractivity contribution in [1.29, 1.82) is 0 Å². The van der Waals surface area contributed by atoms with Crippen molar-refractivity contribution in [2.24, 2.45) is 0 Å². The van der Waals surface area contributed by atoms with Crippen LogP contribution in [-0.4, -0.2) is 27.3 Å². The van der Waals surface area contributed by atoms with Crippen molar-refractivity contribution in [3.63, 3.8) is 0 Å². The quantitative estimate of drug-likeness (QED) is 0.392. The van der Waals surface area contributed by atoms with E-state index in [2.05, 4.69) is 26.2 Å². The standard InChI is InChI=1S/C10H21NOSi/c1-9(2)8-10(11(3)4)12-13(5,6)7/h8H,1H2,2-7H3/b10-8-. The third kappa shape index (κ3) is 6.46. The monoisotopic (exact) mass is 199 g/mol. The molecule has 0 atom stereocenters. The lowest BCUT2D eigenvalue weighted by Gasteiger charge is -2.26. The Morgan fingerprint density at radius 2 is 1.77 bits per heavy atom. The molecule has 0 rings (SSSR count). The summed E-state index contributed by atoms with van der Waals surface area (Å²) in [5.41, 5.74) is 1.02. The zero-order valence-corrected chi connectivity index (χ0v) is 10.6. The van der Waals surface area contributed by atoms with Crippen molar-refractivity contribution in [2.45, 2.75) is 26.6 Å². The fourth-order valence-corrected chi connectivity index (χ4v) is 1.64. The van der Waals surface area contributed by atoms with Gasteiger partial charge in [0.15, 0.2) is 5.88 Å². The Labute approximate surface area is 83.0 Å². The number of allylic oxidation sites excluding steroid dienone is 2. The summed E-state index contributed by atoms with van der Waals surface area (Å²) in [4.78, 5) is 1.98. The fraction of sp³-hybridized carbons (Fsp3) is 0.600. The molecule has 0 aromatic heterocycles. The predicted molar refractivity (Wildman–Crippen MR) is 61.0 cm³/mol. The summed E-state index contributed by atoms with van der Waals surface area (Å²) in [6, 6.07) is 0. The molecule has 0 amide bonds. The van der Waals surface area contributed by atoms with Crippen LogP contribution in [0.25, 0.3) is 0 Å². The topological polar surface area (TPSA) is 12.5 Å². The van der Waals surface area contributed by atoms with Gasteiger partial charge in [0.25, 0.3) is 0 Å². The second-order valence-corrected chi connectivity index (χ2v) is 8.87. The molecule has 0 heterocycles. The van der Waals surface area contributed by atoms with Crippen LogP contribution < -0.4 is 0 Å². The van der Waals surface area contributed by atoms with E-state index in [1.807, 2.05) is 32.0 Å². The van der Waals surface area contributed by atoms with E-state index in [1.54, 1.807) is 0 Å². The van der Waals surface area contributed by atoms with Gasteiger partial charge in [0.1, 0.15) is 0 Å². The van der Waals surface area contributed by atoms with Crippen LogP contribution in [-0.2, 0) is 4.43 Å². The van der Waals surface area contributed by atoms with Gasteiger partial charge in [-0.3, -0.25) is 0 Å². The van der Waals surface area contributed by atoms with Gasteiger partial charge in [-0.05, 0) is 32.6 Å². The molecule has 3 heteroatoms. The summed E-state index contributed by atoms with van der Waals surface area (Å²) < 4.78 is 5.88.